The average Bonchev–Trinajstić information content (AvgIpc) is 3.03. The predicted molar refractivity (Wildman–Crippen MR) is 157 cm³/mol. The summed E-state index contributed by atoms with van der Waals surface area (Å²) in [6, 6.07) is 0. The number of aliphatic hydroxyl groups is 5. The van der Waals surface area contributed by atoms with Gasteiger partial charge in [-0.05, 0) is 49.7 Å². The summed E-state index contributed by atoms with van der Waals surface area (Å²) >= 11 is 0. The smallest absolute Gasteiger partial charge is 0.337 e. The van der Waals surface area contributed by atoms with Gasteiger partial charge in [0.1, 0.15) is 24.4 Å². The van der Waals surface area contributed by atoms with Crippen LogP contribution in [0.15, 0.2) is 58.6 Å². The summed E-state index contributed by atoms with van der Waals surface area (Å²) < 4.78 is 22.9. The van der Waals surface area contributed by atoms with Crippen molar-refractivity contribution in [3.05, 3.63) is 58.6 Å². The number of esters is 1. The Balaban J connectivity index is 1.58. The Morgan fingerprint density at radius 2 is 1.87 bits per heavy atom. The molecule has 0 aromatic heterocycles. The van der Waals surface area contributed by atoms with E-state index in [0.717, 1.165) is 37.7 Å². The molecule has 0 unspecified atom stereocenters. The lowest BCUT2D eigenvalue weighted by atomic mass is 9.69. The minimum atomic E-state index is -1.65. The summed E-state index contributed by atoms with van der Waals surface area (Å²) in [5.74, 6) is -2.67. The van der Waals surface area contributed by atoms with E-state index in [-0.39, 0.29) is 30.2 Å². The standard InChI is InChI=1S/C32H43NO12/c1-42-30(41)23-16-43-31(45-32-28(38)27(37)26(36)24(15-35)44-32)22-12-19-5-3-2-4-18(19)6-7-20(25(22)23)10-17-11-21(29(39)40)14-33(13-17)8-9-34/h10-12,14,16,18,22,24-28,31-32,34-38H,2-9,13,15H2,1H3,(H,39,40)/b19-12-,20-10+/t18-,22+,24+,25-,26+,27-,28+,31-,32-/m0/s1. The fraction of sp³-hybridized carbons (Fsp3) is 0.625. The summed E-state index contributed by atoms with van der Waals surface area (Å²) in [7, 11) is 1.27. The van der Waals surface area contributed by atoms with E-state index >= 15 is 0 Å². The highest BCUT2D eigenvalue weighted by molar-refractivity contribution is 5.91. The molecule has 45 heavy (non-hydrogen) atoms. The third kappa shape index (κ3) is 7.19. The van der Waals surface area contributed by atoms with Crippen LogP contribution in [0.1, 0.15) is 38.5 Å². The van der Waals surface area contributed by atoms with E-state index in [1.54, 1.807) is 11.0 Å². The van der Waals surface area contributed by atoms with E-state index in [0.29, 0.717) is 18.5 Å². The Morgan fingerprint density at radius 3 is 2.58 bits per heavy atom. The van der Waals surface area contributed by atoms with Crippen molar-refractivity contribution in [3.8, 4) is 0 Å². The normalized spacial score (nSPS) is 37.3. The molecule has 0 spiro atoms. The number of rotatable bonds is 8. The Morgan fingerprint density at radius 1 is 1.07 bits per heavy atom. The third-order valence-electron chi connectivity index (χ3n) is 9.33. The first-order chi connectivity index (χ1) is 21.6. The van der Waals surface area contributed by atoms with Gasteiger partial charge >= 0.3 is 11.9 Å². The SMILES string of the molecule is COC(=O)C1=CO[C@@H](O[C@@H]2O[C@H](CO)[C@@H](O)[C@H](O)[C@H]2O)[C@@H]2/C=C3/CCCC[C@H]3CC/C(=C\C3=CC(C(=O)O)=CN(CCO)C3)[C@H]12. The highest BCUT2D eigenvalue weighted by Crippen LogP contribution is 2.46. The lowest BCUT2D eigenvalue weighted by Gasteiger charge is -2.44. The maximum absolute atomic E-state index is 13.2. The van der Waals surface area contributed by atoms with Crippen LogP contribution in [0.2, 0.25) is 0 Å². The van der Waals surface area contributed by atoms with E-state index in [4.69, 9.17) is 18.9 Å². The molecule has 3 aliphatic heterocycles. The number of carboxylic acids is 1. The second-order valence-corrected chi connectivity index (χ2v) is 12.2. The number of hydrogen-bond acceptors (Lipinski definition) is 12. The van der Waals surface area contributed by atoms with Gasteiger partial charge in [0.15, 0.2) is 6.29 Å². The third-order valence-corrected chi connectivity index (χ3v) is 9.33. The van der Waals surface area contributed by atoms with Crippen molar-refractivity contribution in [1.82, 2.24) is 4.90 Å². The van der Waals surface area contributed by atoms with E-state index in [2.05, 4.69) is 6.08 Å². The molecule has 1 saturated heterocycles. The van der Waals surface area contributed by atoms with Crippen molar-refractivity contribution in [3.63, 3.8) is 0 Å². The van der Waals surface area contributed by atoms with E-state index in [1.165, 1.54) is 25.1 Å². The quantitative estimate of drug-likeness (QED) is 0.160. The molecule has 0 amide bonds. The van der Waals surface area contributed by atoms with Gasteiger partial charge in [0.05, 0.1) is 43.6 Å². The van der Waals surface area contributed by atoms with Gasteiger partial charge in [-0.2, -0.15) is 0 Å². The summed E-state index contributed by atoms with van der Waals surface area (Å²) in [5.41, 5.74) is 3.05. The molecule has 13 heteroatoms. The minimum absolute atomic E-state index is 0.0675. The van der Waals surface area contributed by atoms with Crippen LogP contribution in [-0.4, -0.2) is 118 Å². The number of ether oxygens (including phenoxy) is 4. The van der Waals surface area contributed by atoms with Crippen molar-refractivity contribution in [2.75, 3.05) is 33.4 Å². The van der Waals surface area contributed by atoms with Crippen LogP contribution in [0.25, 0.3) is 0 Å². The molecule has 5 aliphatic rings. The molecule has 0 radical (unpaired) electrons. The zero-order valence-electron chi connectivity index (χ0n) is 25.2. The van der Waals surface area contributed by atoms with Crippen LogP contribution in [0.5, 0.6) is 0 Å². The number of allylic oxidation sites excluding steroid dienone is 2. The molecular formula is C32H43NO12. The maximum atomic E-state index is 13.2. The first-order valence-electron chi connectivity index (χ1n) is 15.5. The summed E-state index contributed by atoms with van der Waals surface area (Å²) in [5, 5.41) is 60.3. The van der Waals surface area contributed by atoms with Crippen LogP contribution >= 0.6 is 0 Å². The molecule has 0 aromatic rings. The topological polar surface area (TPSA) is 196 Å². The fourth-order valence-corrected chi connectivity index (χ4v) is 7.06. The number of fused-ring (bicyclic) bond motifs is 2. The summed E-state index contributed by atoms with van der Waals surface area (Å²) in [6.45, 7) is -0.186. The second-order valence-electron chi connectivity index (χ2n) is 12.2. The molecule has 2 fully saturated rings. The van der Waals surface area contributed by atoms with Crippen LogP contribution in [0.4, 0.5) is 0 Å². The van der Waals surface area contributed by atoms with Gasteiger partial charge in [-0.3, -0.25) is 0 Å². The molecule has 6 N–H and O–H groups in total. The lowest BCUT2D eigenvalue weighted by Crippen LogP contribution is -2.60. The predicted octanol–water partition coefficient (Wildman–Crippen LogP) is 0.488. The molecule has 1 saturated carbocycles. The van der Waals surface area contributed by atoms with Crippen molar-refractivity contribution in [1.29, 1.82) is 0 Å². The minimum Gasteiger partial charge on any atom is -0.478 e. The van der Waals surface area contributed by atoms with Gasteiger partial charge in [-0.15, -0.1) is 0 Å². The number of carboxylic acid groups (broad SMARTS) is 1. The number of aliphatic hydroxyl groups excluding tert-OH is 5. The molecule has 0 aromatic carbocycles. The highest BCUT2D eigenvalue weighted by atomic mass is 16.8. The Hall–Kier alpha value is -3.04. The van der Waals surface area contributed by atoms with E-state index in [9.17, 15) is 40.2 Å². The Kier molecular flexibility index (Phi) is 10.8. The number of β-amino-alcohol motifs (C(OH)–C–C–N with tert-alkyl or cyclic N) is 1. The number of aliphatic carboxylic acids is 1. The van der Waals surface area contributed by atoms with Gasteiger partial charge < -0.3 is 54.5 Å². The second kappa shape index (κ2) is 14.6. The van der Waals surface area contributed by atoms with Gasteiger partial charge in [0, 0.05) is 25.2 Å². The molecule has 248 valence electrons. The van der Waals surface area contributed by atoms with Crippen LogP contribution in [0.3, 0.4) is 0 Å². The number of nitrogens with zero attached hydrogens (tertiary/aromatic N) is 1. The van der Waals surface area contributed by atoms with Crippen molar-refractivity contribution >= 4 is 11.9 Å². The first-order valence-corrected chi connectivity index (χ1v) is 15.5. The average molecular weight is 634 g/mol. The van der Waals surface area contributed by atoms with E-state index in [1.807, 2.05) is 6.08 Å². The van der Waals surface area contributed by atoms with Gasteiger partial charge in [0.2, 0.25) is 6.29 Å². The lowest BCUT2D eigenvalue weighted by molar-refractivity contribution is -0.339. The molecule has 5 rings (SSSR count). The summed E-state index contributed by atoms with van der Waals surface area (Å²) in [4.78, 5) is 26.8. The fourth-order valence-electron chi connectivity index (χ4n) is 7.06. The molecule has 0 bridgehead atoms. The van der Waals surface area contributed by atoms with E-state index < -0.39 is 67.4 Å². The largest absolute Gasteiger partial charge is 0.478 e. The molecule has 13 nitrogen and oxygen atoms in total. The maximum Gasteiger partial charge on any atom is 0.337 e. The first kappa shape index (κ1) is 33.3. The van der Waals surface area contributed by atoms with Gasteiger partial charge in [-0.25, -0.2) is 9.59 Å². The molecular weight excluding hydrogens is 590 g/mol. The monoisotopic (exact) mass is 633 g/mol. The Bertz CT molecular complexity index is 1270. The molecule has 9 atom stereocenters. The molecule has 3 heterocycles. The zero-order valence-corrected chi connectivity index (χ0v) is 25.2. The van der Waals surface area contributed by atoms with Crippen molar-refractivity contribution in [2.45, 2.75) is 75.5 Å². The summed E-state index contributed by atoms with van der Waals surface area (Å²) in [6.07, 6.45) is 5.09. The number of carbonyl (C=O) groups excluding carboxylic acids is 1. The van der Waals surface area contributed by atoms with Crippen molar-refractivity contribution < 1.29 is 59.2 Å². The number of methoxy groups -OCH3 is 1. The molecule has 2 aliphatic carbocycles. The van der Waals surface area contributed by atoms with Crippen LogP contribution in [0, 0.1) is 17.8 Å². The Labute approximate surface area is 261 Å². The van der Waals surface area contributed by atoms with Crippen molar-refractivity contribution in [2.24, 2.45) is 17.8 Å². The van der Waals surface area contributed by atoms with Crippen LogP contribution < -0.4 is 0 Å². The van der Waals surface area contributed by atoms with Gasteiger partial charge in [0.25, 0.3) is 0 Å². The number of carbonyl (C=O) groups is 2. The van der Waals surface area contributed by atoms with Gasteiger partial charge in [-0.1, -0.05) is 29.7 Å². The zero-order chi connectivity index (χ0) is 32.2. The number of hydrogen-bond donors (Lipinski definition) is 6. The van der Waals surface area contributed by atoms with Crippen LogP contribution in [-0.2, 0) is 28.5 Å². The highest BCUT2D eigenvalue weighted by Gasteiger charge is 2.49.